The summed E-state index contributed by atoms with van der Waals surface area (Å²) in [5.74, 6) is 0. The first kappa shape index (κ1) is 12.3. The van der Waals surface area contributed by atoms with Crippen molar-refractivity contribution in [3.05, 3.63) is 66.3 Å². The Balaban J connectivity index is 2.76. The van der Waals surface area contributed by atoms with Crippen LogP contribution in [0.1, 0.15) is 11.1 Å². The topological polar surface area (TPSA) is 0 Å². The first-order valence-corrected chi connectivity index (χ1v) is 4.67. The van der Waals surface area contributed by atoms with Gasteiger partial charge >= 0.3 is 6.18 Å². The van der Waals surface area contributed by atoms with E-state index in [4.69, 9.17) is 0 Å². The minimum Gasteiger partial charge on any atom is -0.166 e. The van der Waals surface area contributed by atoms with Crippen LogP contribution in [0.15, 0.2) is 55.1 Å². The highest BCUT2D eigenvalue weighted by molar-refractivity contribution is 5.51. The van der Waals surface area contributed by atoms with E-state index in [0.717, 1.165) is 17.7 Å². The zero-order valence-corrected chi connectivity index (χ0v) is 8.54. The van der Waals surface area contributed by atoms with Gasteiger partial charge in [0.25, 0.3) is 0 Å². The largest absolute Gasteiger partial charge is 0.416 e. The monoisotopic (exact) mass is 224 g/mol. The van der Waals surface area contributed by atoms with Crippen molar-refractivity contribution in [1.82, 2.24) is 0 Å². The highest BCUT2D eigenvalue weighted by atomic mass is 19.4. The fourth-order valence-electron chi connectivity index (χ4n) is 1.09. The molecule has 0 aliphatic rings. The van der Waals surface area contributed by atoms with Gasteiger partial charge in [-0.2, -0.15) is 13.2 Å². The zero-order chi connectivity index (χ0) is 12.0. The molecule has 0 amide bonds. The van der Waals surface area contributed by atoms with Crippen LogP contribution in [-0.2, 0) is 6.18 Å². The maximum Gasteiger partial charge on any atom is 0.416 e. The Bertz CT molecular complexity index is 394. The molecule has 0 bridgehead atoms. The lowest BCUT2D eigenvalue weighted by Gasteiger charge is -2.05. The van der Waals surface area contributed by atoms with Crippen molar-refractivity contribution in [1.29, 1.82) is 0 Å². The molecule has 0 unspecified atom stereocenters. The van der Waals surface area contributed by atoms with Crippen LogP contribution in [0.3, 0.4) is 0 Å². The Labute approximate surface area is 92.4 Å². The van der Waals surface area contributed by atoms with Crippen LogP contribution in [-0.4, -0.2) is 0 Å². The molecule has 1 aromatic carbocycles. The fourth-order valence-corrected chi connectivity index (χ4v) is 1.09. The molecule has 3 heteroatoms. The van der Waals surface area contributed by atoms with Crippen molar-refractivity contribution < 1.29 is 13.2 Å². The lowest BCUT2D eigenvalue weighted by Crippen LogP contribution is -2.03. The maximum atomic E-state index is 12.2. The third-order valence-electron chi connectivity index (χ3n) is 1.88. The van der Waals surface area contributed by atoms with E-state index in [2.05, 4.69) is 6.58 Å². The molecule has 0 spiro atoms. The molecule has 1 rings (SSSR count). The molecular weight excluding hydrogens is 213 g/mol. The van der Waals surface area contributed by atoms with Gasteiger partial charge in [-0.05, 0) is 17.7 Å². The quantitative estimate of drug-likeness (QED) is 0.665. The summed E-state index contributed by atoms with van der Waals surface area (Å²) in [6.45, 7) is 3.50. The Kier molecular flexibility index (Phi) is 4.11. The number of alkyl halides is 3. The van der Waals surface area contributed by atoms with E-state index >= 15 is 0 Å². The van der Waals surface area contributed by atoms with Crippen molar-refractivity contribution in [2.75, 3.05) is 0 Å². The van der Waals surface area contributed by atoms with Crippen LogP contribution < -0.4 is 0 Å². The van der Waals surface area contributed by atoms with Gasteiger partial charge < -0.3 is 0 Å². The lowest BCUT2D eigenvalue weighted by atomic mass is 10.1. The predicted octanol–water partition coefficient (Wildman–Crippen LogP) is 4.46. The molecule has 0 aliphatic heterocycles. The summed E-state index contributed by atoms with van der Waals surface area (Å²) >= 11 is 0. The molecule has 0 radical (unpaired) electrons. The van der Waals surface area contributed by atoms with E-state index in [1.54, 1.807) is 30.4 Å². The van der Waals surface area contributed by atoms with Crippen molar-refractivity contribution in [2.24, 2.45) is 0 Å². The van der Waals surface area contributed by atoms with E-state index in [1.165, 1.54) is 12.1 Å². The molecule has 0 atom stereocenters. The number of rotatable bonds is 3. The second-order valence-corrected chi connectivity index (χ2v) is 3.10. The summed E-state index contributed by atoms with van der Waals surface area (Å²) < 4.78 is 36.7. The van der Waals surface area contributed by atoms with E-state index < -0.39 is 11.7 Å². The second-order valence-electron chi connectivity index (χ2n) is 3.10. The summed E-state index contributed by atoms with van der Waals surface area (Å²) in [5.41, 5.74) is 0.0907. The number of halogens is 3. The Morgan fingerprint density at radius 2 is 1.56 bits per heavy atom. The smallest absolute Gasteiger partial charge is 0.166 e. The summed E-state index contributed by atoms with van der Waals surface area (Å²) in [7, 11) is 0. The molecule has 0 fully saturated rings. The Hall–Kier alpha value is -1.77. The van der Waals surface area contributed by atoms with Crippen LogP contribution in [0, 0.1) is 0 Å². The zero-order valence-electron chi connectivity index (χ0n) is 8.54. The molecule has 0 heterocycles. The van der Waals surface area contributed by atoms with Gasteiger partial charge in [0, 0.05) is 0 Å². The fraction of sp³-hybridized carbons (Fsp3) is 0.0769. The van der Waals surface area contributed by atoms with Crippen LogP contribution >= 0.6 is 0 Å². The molecule has 0 aromatic heterocycles. The van der Waals surface area contributed by atoms with Crippen molar-refractivity contribution in [3.8, 4) is 0 Å². The average molecular weight is 224 g/mol. The lowest BCUT2D eigenvalue weighted by molar-refractivity contribution is -0.137. The highest BCUT2D eigenvalue weighted by Gasteiger charge is 2.29. The number of benzene rings is 1. The van der Waals surface area contributed by atoms with Crippen molar-refractivity contribution in [2.45, 2.75) is 6.18 Å². The Morgan fingerprint density at radius 3 is 2.06 bits per heavy atom. The SMILES string of the molecule is C=C/C=C/C=C/c1ccc(C(F)(F)F)cc1. The van der Waals surface area contributed by atoms with Crippen LogP contribution in [0.2, 0.25) is 0 Å². The molecule has 84 valence electrons. The average Bonchev–Trinajstić information content (AvgIpc) is 2.24. The van der Waals surface area contributed by atoms with Crippen LogP contribution in [0.5, 0.6) is 0 Å². The first-order valence-electron chi connectivity index (χ1n) is 4.67. The molecule has 1 aromatic rings. The molecule has 0 nitrogen and oxygen atoms in total. The van der Waals surface area contributed by atoms with Gasteiger partial charge in [0.2, 0.25) is 0 Å². The number of allylic oxidation sites excluding steroid dienone is 4. The summed E-state index contributed by atoms with van der Waals surface area (Å²) in [6.07, 6.45) is 4.30. The third kappa shape index (κ3) is 3.77. The Morgan fingerprint density at radius 1 is 0.938 bits per heavy atom. The van der Waals surface area contributed by atoms with Gasteiger partial charge in [0.1, 0.15) is 0 Å². The van der Waals surface area contributed by atoms with Gasteiger partial charge in [0.15, 0.2) is 0 Å². The van der Waals surface area contributed by atoms with Gasteiger partial charge in [-0.25, -0.2) is 0 Å². The van der Waals surface area contributed by atoms with E-state index in [1.807, 2.05) is 0 Å². The predicted molar refractivity (Wildman–Crippen MR) is 59.8 cm³/mol. The highest BCUT2D eigenvalue weighted by Crippen LogP contribution is 2.29. The normalized spacial score (nSPS) is 12.4. The summed E-state index contributed by atoms with van der Waals surface area (Å²) in [4.78, 5) is 0. The molecular formula is C13H11F3. The standard InChI is InChI=1S/C13H11F3/c1-2-3-4-5-6-11-7-9-12(10-8-11)13(14,15)16/h2-10H,1H2/b4-3+,6-5+. The first-order chi connectivity index (χ1) is 7.54. The summed E-state index contributed by atoms with van der Waals surface area (Å²) in [5, 5.41) is 0. The third-order valence-corrected chi connectivity index (χ3v) is 1.88. The molecule has 0 saturated carbocycles. The minimum atomic E-state index is -4.27. The number of hydrogen-bond donors (Lipinski definition) is 0. The van der Waals surface area contributed by atoms with E-state index in [9.17, 15) is 13.2 Å². The van der Waals surface area contributed by atoms with Crippen LogP contribution in [0.25, 0.3) is 6.08 Å². The van der Waals surface area contributed by atoms with Gasteiger partial charge in [-0.1, -0.05) is 49.1 Å². The molecule has 0 aliphatic carbocycles. The van der Waals surface area contributed by atoms with Crippen molar-refractivity contribution >= 4 is 6.08 Å². The van der Waals surface area contributed by atoms with Crippen molar-refractivity contribution in [3.63, 3.8) is 0 Å². The molecule has 16 heavy (non-hydrogen) atoms. The number of hydrogen-bond acceptors (Lipinski definition) is 0. The van der Waals surface area contributed by atoms with Gasteiger partial charge in [0.05, 0.1) is 5.56 Å². The maximum absolute atomic E-state index is 12.2. The van der Waals surface area contributed by atoms with Crippen LogP contribution in [0.4, 0.5) is 13.2 Å². The minimum absolute atomic E-state index is 0.633. The molecule has 0 saturated heterocycles. The van der Waals surface area contributed by atoms with E-state index in [-0.39, 0.29) is 0 Å². The molecule has 0 N–H and O–H groups in total. The summed E-state index contributed by atoms with van der Waals surface area (Å²) in [6, 6.07) is 5.00. The second kappa shape index (κ2) is 5.35. The van der Waals surface area contributed by atoms with E-state index in [0.29, 0.717) is 0 Å². The van der Waals surface area contributed by atoms with Gasteiger partial charge in [-0.15, -0.1) is 0 Å². The van der Waals surface area contributed by atoms with Gasteiger partial charge in [-0.3, -0.25) is 0 Å².